The van der Waals surface area contributed by atoms with Gasteiger partial charge in [0.15, 0.2) is 4.80 Å². The van der Waals surface area contributed by atoms with Gasteiger partial charge >= 0.3 is 5.97 Å². The molecule has 0 saturated carbocycles. The molecular formula is C35H26N2O3S. The summed E-state index contributed by atoms with van der Waals surface area (Å²) in [5.41, 5.74) is 2.62. The van der Waals surface area contributed by atoms with Crippen molar-refractivity contribution in [2.24, 2.45) is 4.99 Å². The van der Waals surface area contributed by atoms with E-state index < -0.39 is 12.0 Å². The van der Waals surface area contributed by atoms with Gasteiger partial charge in [-0.2, -0.15) is 0 Å². The molecule has 41 heavy (non-hydrogen) atoms. The number of esters is 1. The molecule has 5 aromatic carbocycles. The topological polar surface area (TPSA) is 60.7 Å². The zero-order valence-electron chi connectivity index (χ0n) is 22.6. The van der Waals surface area contributed by atoms with Crippen LogP contribution in [0.15, 0.2) is 118 Å². The van der Waals surface area contributed by atoms with Crippen LogP contribution in [0.1, 0.15) is 31.0 Å². The quantitative estimate of drug-likeness (QED) is 0.191. The number of ether oxygens (including phenoxy) is 1. The molecule has 7 rings (SSSR count). The van der Waals surface area contributed by atoms with Crippen LogP contribution >= 0.6 is 11.3 Å². The second-order valence-corrected chi connectivity index (χ2v) is 11.1. The Morgan fingerprint density at radius 2 is 1.49 bits per heavy atom. The number of carbonyl (C=O) groups excluding carboxylic acids is 1. The van der Waals surface area contributed by atoms with Gasteiger partial charge in [-0.1, -0.05) is 102 Å². The highest BCUT2D eigenvalue weighted by atomic mass is 32.1. The van der Waals surface area contributed by atoms with Crippen LogP contribution < -0.4 is 14.9 Å². The predicted octanol–water partition coefficient (Wildman–Crippen LogP) is 6.26. The minimum Gasteiger partial charge on any atom is -0.463 e. The number of hydrogen-bond donors (Lipinski definition) is 0. The molecule has 0 bridgehead atoms. The maximum Gasteiger partial charge on any atom is 0.338 e. The van der Waals surface area contributed by atoms with Gasteiger partial charge in [-0.05, 0) is 69.4 Å². The van der Waals surface area contributed by atoms with E-state index in [-0.39, 0.29) is 12.2 Å². The molecule has 0 aliphatic carbocycles. The SMILES string of the molecule is CCOC(=O)C1=C(C)N=c2s/c(=C\c3c4ccccc4cc4ccccc34)c(=O)n2[C@@H]1c1cccc2ccccc12. The van der Waals surface area contributed by atoms with Crippen molar-refractivity contribution in [1.29, 1.82) is 0 Å². The third-order valence-corrected chi connectivity index (χ3v) is 8.71. The Labute approximate surface area is 240 Å². The lowest BCUT2D eigenvalue weighted by molar-refractivity contribution is -0.139. The van der Waals surface area contributed by atoms with Crippen LogP contribution in [0.3, 0.4) is 0 Å². The smallest absolute Gasteiger partial charge is 0.338 e. The first-order valence-electron chi connectivity index (χ1n) is 13.6. The molecule has 0 saturated heterocycles. The fourth-order valence-corrected chi connectivity index (χ4v) is 6.94. The van der Waals surface area contributed by atoms with E-state index in [0.29, 0.717) is 20.6 Å². The lowest BCUT2D eigenvalue weighted by Gasteiger charge is -2.25. The zero-order valence-corrected chi connectivity index (χ0v) is 23.4. The fraction of sp³-hybridized carbons (Fsp3) is 0.114. The Balaban J connectivity index is 1.54. The van der Waals surface area contributed by atoms with Gasteiger partial charge in [0, 0.05) is 0 Å². The number of thiazole rings is 1. The maximum absolute atomic E-state index is 14.4. The Morgan fingerprint density at radius 1 is 0.878 bits per heavy atom. The number of fused-ring (bicyclic) bond motifs is 4. The van der Waals surface area contributed by atoms with Gasteiger partial charge in [0.1, 0.15) is 0 Å². The summed E-state index contributed by atoms with van der Waals surface area (Å²) in [6, 6.07) is 32.0. The van der Waals surface area contributed by atoms with Crippen LogP contribution in [0, 0.1) is 0 Å². The number of allylic oxidation sites excluding steroid dienone is 1. The number of benzene rings is 5. The van der Waals surface area contributed by atoms with E-state index in [1.165, 1.54) is 11.3 Å². The Kier molecular flexibility index (Phi) is 6.13. The summed E-state index contributed by atoms with van der Waals surface area (Å²) in [6.07, 6.45) is 1.98. The molecule has 0 amide bonds. The molecule has 1 atom stereocenters. The normalized spacial score (nSPS) is 15.4. The number of rotatable bonds is 4. The highest BCUT2D eigenvalue weighted by Gasteiger charge is 2.34. The standard InChI is InChI=1S/C35H26N2O3S/c1-3-40-34(39)31-21(2)36-35-37(32(31)28-18-10-14-22-11-4-7-15-25(22)28)33(38)30(41-35)20-29-26-16-8-5-12-23(26)19-24-13-6-9-17-27(24)29/h4-20,32H,3H2,1-2H3/b30-20-/t32-/m1/s1. The van der Waals surface area contributed by atoms with Gasteiger partial charge in [-0.3, -0.25) is 9.36 Å². The van der Waals surface area contributed by atoms with Crippen LogP contribution in [-0.4, -0.2) is 17.1 Å². The van der Waals surface area contributed by atoms with Crippen LogP contribution in [0.25, 0.3) is 38.4 Å². The second kappa shape index (κ2) is 9.98. The number of carbonyl (C=O) groups is 1. The summed E-state index contributed by atoms with van der Waals surface area (Å²) < 4.78 is 7.73. The predicted molar refractivity (Wildman–Crippen MR) is 166 cm³/mol. The summed E-state index contributed by atoms with van der Waals surface area (Å²) >= 11 is 1.35. The number of nitrogens with zero attached hydrogens (tertiary/aromatic N) is 2. The fourth-order valence-electron chi connectivity index (χ4n) is 5.91. The molecule has 1 aliphatic rings. The van der Waals surface area contributed by atoms with Crippen LogP contribution in [-0.2, 0) is 9.53 Å². The molecule has 5 nitrogen and oxygen atoms in total. The van der Waals surface area contributed by atoms with Crippen LogP contribution in [0.2, 0.25) is 0 Å². The van der Waals surface area contributed by atoms with E-state index in [1.807, 2.05) is 79.7 Å². The highest BCUT2D eigenvalue weighted by Crippen LogP contribution is 2.35. The first kappa shape index (κ1) is 25.2. The van der Waals surface area contributed by atoms with E-state index >= 15 is 0 Å². The number of hydrogen-bond acceptors (Lipinski definition) is 5. The monoisotopic (exact) mass is 554 g/mol. The van der Waals surface area contributed by atoms with Crippen LogP contribution in [0.4, 0.5) is 0 Å². The van der Waals surface area contributed by atoms with E-state index in [4.69, 9.17) is 9.73 Å². The molecule has 0 spiro atoms. The third-order valence-electron chi connectivity index (χ3n) is 7.72. The van der Waals surface area contributed by atoms with Gasteiger partial charge in [0.2, 0.25) is 0 Å². The van der Waals surface area contributed by atoms with Gasteiger partial charge in [-0.15, -0.1) is 0 Å². The molecule has 6 heteroatoms. The minimum atomic E-state index is -0.664. The van der Waals surface area contributed by atoms with Gasteiger partial charge in [0.25, 0.3) is 5.56 Å². The molecule has 0 fully saturated rings. The summed E-state index contributed by atoms with van der Waals surface area (Å²) in [5, 5.41) is 6.38. The van der Waals surface area contributed by atoms with Gasteiger partial charge in [-0.25, -0.2) is 9.79 Å². The molecule has 0 radical (unpaired) electrons. The first-order chi connectivity index (χ1) is 20.0. The van der Waals surface area contributed by atoms with Crippen molar-refractivity contribution in [2.75, 3.05) is 6.61 Å². The van der Waals surface area contributed by atoms with E-state index in [0.717, 1.165) is 43.4 Å². The Morgan fingerprint density at radius 3 is 2.17 bits per heavy atom. The average Bonchev–Trinajstić information content (AvgIpc) is 3.30. The first-order valence-corrected chi connectivity index (χ1v) is 14.4. The summed E-state index contributed by atoms with van der Waals surface area (Å²) in [6.45, 7) is 3.83. The summed E-state index contributed by atoms with van der Waals surface area (Å²) in [7, 11) is 0. The van der Waals surface area contributed by atoms with E-state index in [2.05, 4.69) is 30.3 Å². The second-order valence-electron chi connectivity index (χ2n) is 10.1. The largest absolute Gasteiger partial charge is 0.463 e. The van der Waals surface area contributed by atoms with E-state index in [1.54, 1.807) is 11.5 Å². The van der Waals surface area contributed by atoms with Crippen molar-refractivity contribution < 1.29 is 9.53 Å². The van der Waals surface area contributed by atoms with Crippen molar-refractivity contribution in [3.05, 3.63) is 139 Å². The van der Waals surface area contributed by atoms with Gasteiger partial charge in [0.05, 0.1) is 28.5 Å². The van der Waals surface area contributed by atoms with Crippen molar-refractivity contribution in [1.82, 2.24) is 4.57 Å². The van der Waals surface area contributed by atoms with Crippen molar-refractivity contribution in [2.45, 2.75) is 19.9 Å². The summed E-state index contributed by atoms with van der Waals surface area (Å²) in [4.78, 5) is 33.1. The molecular weight excluding hydrogens is 528 g/mol. The molecule has 1 aromatic heterocycles. The molecule has 200 valence electrons. The maximum atomic E-state index is 14.4. The Hall–Kier alpha value is -4.81. The van der Waals surface area contributed by atoms with Crippen LogP contribution in [0.5, 0.6) is 0 Å². The minimum absolute atomic E-state index is 0.182. The van der Waals surface area contributed by atoms with E-state index in [9.17, 15) is 9.59 Å². The van der Waals surface area contributed by atoms with Crippen molar-refractivity contribution in [3.8, 4) is 0 Å². The van der Waals surface area contributed by atoms with Crippen molar-refractivity contribution in [3.63, 3.8) is 0 Å². The molecule has 1 aliphatic heterocycles. The lowest BCUT2D eigenvalue weighted by Crippen LogP contribution is -2.40. The average molecular weight is 555 g/mol. The molecule has 6 aromatic rings. The van der Waals surface area contributed by atoms with Gasteiger partial charge < -0.3 is 4.74 Å². The molecule has 0 N–H and O–H groups in total. The molecule has 2 heterocycles. The zero-order chi connectivity index (χ0) is 28.1. The highest BCUT2D eigenvalue weighted by molar-refractivity contribution is 7.07. The summed E-state index contributed by atoms with van der Waals surface area (Å²) in [5.74, 6) is -0.457. The Bertz CT molecular complexity index is 2180. The number of aromatic nitrogens is 1. The molecule has 0 unspecified atom stereocenters. The van der Waals surface area contributed by atoms with Crippen molar-refractivity contribution >= 4 is 55.7 Å². The lowest BCUT2D eigenvalue weighted by atomic mass is 9.91. The third kappa shape index (κ3) is 4.10.